The molecule has 0 aliphatic rings. The third kappa shape index (κ3) is 2.59. The van der Waals surface area contributed by atoms with Crippen LogP contribution in [0.25, 0.3) is 0 Å². The maximum Gasteiger partial charge on any atom is 0.411 e. The minimum Gasteiger partial charge on any atom is -0.399 e. The lowest BCUT2D eigenvalue weighted by molar-refractivity contribution is -0.288. The van der Waals surface area contributed by atoms with Crippen LogP contribution < -0.4 is 17.2 Å². The summed E-state index contributed by atoms with van der Waals surface area (Å²) in [7, 11) is 0. The van der Waals surface area contributed by atoms with Crippen molar-refractivity contribution in [2.75, 3.05) is 17.2 Å². The highest BCUT2D eigenvalue weighted by atomic mass is 19.4. The van der Waals surface area contributed by atoms with Crippen molar-refractivity contribution in [3.63, 3.8) is 0 Å². The van der Waals surface area contributed by atoms with E-state index >= 15 is 0 Å². The van der Waals surface area contributed by atoms with Gasteiger partial charge in [0.25, 0.3) is 0 Å². The molecule has 0 amide bonds. The van der Waals surface area contributed by atoms with E-state index in [0.717, 1.165) is 18.2 Å². The number of nitrogen functional groups attached to an aromatic ring is 3. The van der Waals surface area contributed by atoms with Gasteiger partial charge in [-0.3, -0.25) is 0 Å². The minimum atomic E-state index is -5.72. The van der Waals surface area contributed by atoms with Gasteiger partial charge in [0, 0.05) is 22.6 Å². The SMILES string of the molecule is Nc1cccc(C(c2ccc(N)cc2N)(C(F)(F)F)C(F)(F)F)c1. The Balaban J connectivity index is 2.98. The van der Waals surface area contributed by atoms with Crippen molar-refractivity contribution >= 4 is 17.1 Å². The first-order valence-corrected chi connectivity index (χ1v) is 6.56. The predicted molar refractivity (Wildman–Crippen MR) is 79.0 cm³/mol. The lowest BCUT2D eigenvalue weighted by atomic mass is 9.72. The number of rotatable bonds is 2. The first-order chi connectivity index (χ1) is 10.9. The Bertz CT molecular complexity index is 738. The fourth-order valence-corrected chi connectivity index (χ4v) is 2.64. The molecule has 0 saturated heterocycles. The Kier molecular flexibility index (Phi) is 4.07. The normalized spacial score (nSPS) is 13.1. The molecule has 0 radical (unpaired) electrons. The van der Waals surface area contributed by atoms with E-state index < -0.39 is 34.6 Å². The van der Waals surface area contributed by atoms with Crippen LogP contribution >= 0.6 is 0 Å². The van der Waals surface area contributed by atoms with Crippen LogP contribution in [0.15, 0.2) is 42.5 Å². The molecule has 130 valence electrons. The first-order valence-electron chi connectivity index (χ1n) is 6.56. The van der Waals surface area contributed by atoms with Crippen LogP contribution in [0.1, 0.15) is 11.1 Å². The van der Waals surface area contributed by atoms with E-state index in [1.807, 2.05) is 0 Å². The largest absolute Gasteiger partial charge is 0.411 e. The second-order valence-electron chi connectivity index (χ2n) is 5.22. The predicted octanol–water partition coefficient (Wildman–Crippen LogP) is 3.84. The number of hydrogen-bond acceptors (Lipinski definition) is 3. The second kappa shape index (κ2) is 5.50. The standard InChI is InChI=1S/C15H13F6N3/c16-14(17,18)13(15(19,20)21,8-2-1-3-9(22)6-8)11-5-4-10(23)7-12(11)24/h1-7H,22-24H2. The van der Waals surface area contributed by atoms with Crippen LogP contribution in [0.4, 0.5) is 43.4 Å². The smallest absolute Gasteiger partial charge is 0.399 e. The van der Waals surface area contributed by atoms with E-state index in [9.17, 15) is 26.3 Å². The van der Waals surface area contributed by atoms with E-state index in [1.54, 1.807) is 0 Å². The lowest BCUT2D eigenvalue weighted by Crippen LogP contribution is -2.55. The van der Waals surface area contributed by atoms with Crippen molar-refractivity contribution in [2.24, 2.45) is 0 Å². The van der Waals surface area contributed by atoms with Gasteiger partial charge in [-0.05, 0) is 29.8 Å². The third-order valence-electron chi connectivity index (χ3n) is 3.65. The van der Waals surface area contributed by atoms with Crippen molar-refractivity contribution in [3.8, 4) is 0 Å². The number of benzene rings is 2. The number of anilines is 3. The van der Waals surface area contributed by atoms with Crippen molar-refractivity contribution < 1.29 is 26.3 Å². The summed E-state index contributed by atoms with van der Waals surface area (Å²) in [5, 5.41) is 0. The highest BCUT2D eigenvalue weighted by Crippen LogP contribution is 2.57. The molecule has 2 aromatic rings. The van der Waals surface area contributed by atoms with E-state index in [-0.39, 0.29) is 11.4 Å². The van der Waals surface area contributed by atoms with Crippen molar-refractivity contribution in [3.05, 3.63) is 53.6 Å². The van der Waals surface area contributed by atoms with E-state index in [0.29, 0.717) is 18.2 Å². The number of alkyl halides is 6. The zero-order valence-corrected chi connectivity index (χ0v) is 12.0. The molecule has 6 N–H and O–H groups in total. The van der Waals surface area contributed by atoms with Gasteiger partial charge in [-0.25, -0.2) is 0 Å². The van der Waals surface area contributed by atoms with Gasteiger partial charge in [-0.1, -0.05) is 18.2 Å². The average Bonchev–Trinajstić information content (AvgIpc) is 2.39. The van der Waals surface area contributed by atoms with E-state index in [2.05, 4.69) is 0 Å². The molecule has 0 aliphatic heterocycles. The van der Waals surface area contributed by atoms with Gasteiger partial charge in [-0.2, -0.15) is 26.3 Å². The Morgan fingerprint density at radius 1 is 0.667 bits per heavy atom. The fraction of sp³-hybridized carbons (Fsp3) is 0.200. The van der Waals surface area contributed by atoms with Gasteiger partial charge in [-0.15, -0.1) is 0 Å². The van der Waals surface area contributed by atoms with Gasteiger partial charge in [0.15, 0.2) is 0 Å². The summed E-state index contributed by atoms with van der Waals surface area (Å²) in [5.41, 5.74) is 8.70. The maximum atomic E-state index is 13.8. The molecule has 0 aliphatic carbocycles. The summed E-state index contributed by atoms with van der Waals surface area (Å²) in [4.78, 5) is 0. The Morgan fingerprint density at radius 3 is 1.67 bits per heavy atom. The molecule has 0 unspecified atom stereocenters. The molecular formula is C15H13F6N3. The quantitative estimate of drug-likeness (QED) is 0.569. The molecule has 0 saturated carbocycles. The number of nitrogens with two attached hydrogens (primary N) is 3. The zero-order chi connectivity index (χ0) is 18.3. The van der Waals surface area contributed by atoms with Crippen molar-refractivity contribution in [2.45, 2.75) is 17.8 Å². The Labute approximate surface area is 133 Å². The van der Waals surface area contributed by atoms with Gasteiger partial charge < -0.3 is 17.2 Å². The van der Waals surface area contributed by atoms with Crippen molar-refractivity contribution in [1.29, 1.82) is 0 Å². The molecule has 2 rings (SSSR count). The number of hydrogen-bond donors (Lipinski definition) is 3. The lowest BCUT2D eigenvalue weighted by Gasteiger charge is -2.39. The second-order valence-corrected chi connectivity index (χ2v) is 5.22. The molecule has 2 aromatic carbocycles. The van der Waals surface area contributed by atoms with Crippen LogP contribution in [0.5, 0.6) is 0 Å². The van der Waals surface area contributed by atoms with Gasteiger partial charge >= 0.3 is 12.4 Å². The molecule has 0 aromatic heterocycles. The summed E-state index contributed by atoms with van der Waals surface area (Å²) >= 11 is 0. The molecule has 0 atom stereocenters. The minimum absolute atomic E-state index is 0.0536. The molecule has 0 spiro atoms. The molecule has 24 heavy (non-hydrogen) atoms. The van der Waals surface area contributed by atoms with Gasteiger partial charge in [0.2, 0.25) is 5.41 Å². The molecule has 3 nitrogen and oxygen atoms in total. The van der Waals surface area contributed by atoms with Crippen LogP contribution in [0, 0.1) is 0 Å². The first kappa shape index (κ1) is 17.8. The summed E-state index contributed by atoms with van der Waals surface area (Å²) < 4.78 is 82.8. The monoisotopic (exact) mass is 349 g/mol. The van der Waals surface area contributed by atoms with E-state index in [1.165, 1.54) is 6.07 Å². The fourth-order valence-electron chi connectivity index (χ4n) is 2.64. The number of halogens is 6. The Hall–Kier alpha value is -2.58. The maximum absolute atomic E-state index is 13.8. The summed E-state index contributed by atoms with van der Waals surface area (Å²) in [6.07, 6.45) is -11.4. The molecule has 9 heteroatoms. The highest BCUT2D eigenvalue weighted by Gasteiger charge is 2.73. The van der Waals surface area contributed by atoms with Crippen LogP contribution in [0.3, 0.4) is 0 Å². The summed E-state index contributed by atoms with van der Waals surface area (Å²) in [5.74, 6) is 0. The zero-order valence-electron chi connectivity index (χ0n) is 12.0. The van der Waals surface area contributed by atoms with E-state index in [4.69, 9.17) is 17.2 Å². The third-order valence-corrected chi connectivity index (χ3v) is 3.65. The molecular weight excluding hydrogens is 336 g/mol. The van der Waals surface area contributed by atoms with Crippen LogP contribution in [-0.4, -0.2) is 12.4 Å². The van der Waals surface area contributed by atoms with Gasteiger partial charge in [0.05, 0.1) is 0 Å². The summed E-state index contributed by atoms with van der Waals surface area (Å²) in [6, 6.07) is 5.98. The molecule has 0 bridgehead atoms. The van der Waals surface area contributed by atoms with Crippen LogP contribution in [0.2, 0.25) is 0 Å². The van der Waals surface area contributed by atoms with Crippen molar-refractivity contribution in [1.82, 2.24) is 0 Å². The van der Waals surface area contributed by atoms with Gasteiger partial charge in [0.1, 0.15) is 0 Å². The average molecular weight is 349 g/mol. The highest BCUT2D eigenvalue weighted by molar-refractivity contribution is 5.64. The molecule has 0 fully saturated rings. The summed E-state index contributed by atoms with van der Waals surface area (Å²) in [6.45, 7) is 0. The topological polar surface area (TPSA) is 78.1 Å². The van der Waals surface area contributed by atoms with Crippen LogP contribution in [-0.2, 0) is 5.41 Å². The molecule has 0 heterocycles. The Morgan fingerprint density at radius 2 is 1.21 bits per heavy atom.